The average Bonchev–Trinajstić information content (AvgIpc) is 2.52. The van der Waals surface area contributed by atoms with Crippen LogP contribution < -0.4 is 9.47 Å². The zero-order valence-electron chi connectivity index (χ0n) is 13.4. The summed E-state index contributed by atoms with van der Waals surface area (Å²) < 4.78 is 50.6. The van der Waals surface area contributed by atoms with E-state index < -0.39 is 11.7 Å². The summed E-state index contributed by atoms with van der Waals surface area (Å²) in [5.41, 5.74) is 0.481. The molecule has 2 aromatic rings. The number of rotatable bonds is 4. The van der Waals surface area contributed by atoms with Gasteiger partial charge in [0.2, 0.25) is 0 Å². The normalized spacial score (nSPS) is 11.7. The van der Waals surface area contributed by atoms with E-state index in [4.69, 9.17) is 9.47 Å². The number of benzene rings is 2. The van der Waals surface area contributed by atoms with Crippen LogP contribution in [0.25, 0.3) is 11.1 Å². The molecule has 0 saturated carbocycles. The van der Waals surface area contributed by atoms with Crippen molar-refractivity contribution in [3.8, 4) is 22.6 Å². The molecule has 0 atom stereocenters. The van der Waals surface area contributed by atoms with Crippen LogP contribution in [0.15, 0.2) is 30.3 Å². The largest absolute Gasteiger partial charge is 0.496 e. The van der Waals surface area contributed by atoms with E-state index in [0.717, 1.165) is 11.6 Å². The molecule has 5 heteroatoms. The van der Waals surface area contributed by atoms with Crippen LogP contribution in [0.4, 0.5) is 13.2 Å². The highest BCUT2D eigenvalue weighted by molar-refractivity contribution is 5.79. The highest BCUT2D eigenvalue weighted by Gasteiger charge is 2.36. The fraction of sp³-hybridized carbons (Fsp3) is 0.333. The standard InChI is InChI=1S/C18H18F3O2/c1-11(2)12-8-9-13(16(10-12)23-4)17-14(18(19,20)21)6-5-7-15(17)22-3/h5-6,8-11H,1-4H3. The van der Waals surface area contributed by atoms with Crippen molar-refractivity contribution in [1.82, 2.24) is 0 Å². The predicted molar refractivity (Wildman–Crippen MR) is 82.9 cm³/mol. The van der Waals surface area contributed by atoms with Gasteiger partial charge in [0.05, 0.1) is 19.8 Å². The average molecular weight is 323 g/mol. The summed E-state index contributed by atoms with van der Waals surface area (Å²) in [6.07, 6.45) is -4.50. The van der Waals surface area contributed by atoms with Gasteiger partial charge in [0.15, 0.2) is 0 Å². The van der Waals surface area contributed by atoms with Crippen molar-refractivity contribution in [2.24, 2.45) is 0 Å². The third-order valence-electron chi connectivity index (χ3n) is 3.63. The molecule has 0 aliphatic carbocycles. The second kappa shape index (κ2) is 6.52. The van der Waals surface area contributed by atoms with Crippen molar-refractivity contribution in [2.45, 2.75) is 25.9 Å². The third-order valence-corrected chi connectivity index (χ3v) is 3.63. The fourth-order valence-corrected chi connectivity index (χ4v) is 2.42. The number of hydrogen-bond donors (Lipinski definition) is 0. The molecule has 2 nitrogen and oxygen atoms in total. The molecular weight excluding hydrogens is 305 g/mol. The number of methoxy groups -OCH3 is 2. The van der Waals surface area contributed by atoms with Gasteiger partial charge in [-0.15, -0.1) is 0 Å². The lowest BCUT2D eigenvalue weighted by Gasteiger charge is -2.19. The third kappa shape index (κ3) is 3.44. The lowest BCUT2D eigenvalue weighted by Crippen LogP contribution is -2.09. The first-order valence-corrected chi connectivity index (χ1v) is 7.13. The van der Waals surface area contributed by atoms with Gasteiger partial charge in [0.25, 0.3) is 0 Å². The maximum absolute atomic E-state index is 13.4. The van der Waals surface area contributed by atoms with Crippen LogP contribution in [0.5, 0.6) is 11.5 Å². The Balaban J connectivity index is 2.75. The second-order valence-electron chi connectivity index (χ2n) is 5.41. The molecule has 0 aromatic heterocycles. The Morgan fingerprint density at radius 1 is 1.04 bits per heavy atom. The maximum Gasteiger partial charge on any atom is 0.417 e. The van der Waals surface area contributed by atoms with Crippen molar-refractivity contribution in [3.63, 3.8) is 0 Å². The summed E-state index contributed by atoms with van der Waals surface area (Å²) in [7, 11) is 2.76. The zero-order valence-corrected chi connectivity index (χ0v) is 13.4. The van der Waals surface area contributed by atoms with Crippen LogP contribution in [-0.4, -0.2) is 14.2 Å². The first kappa shape index (κ1) is 17.2. The van der Waals surface area contributed by atoms with Gasteiger partial charge in [-0.1, -0.05) is 26.0 Å². The molecular formula is C18H18F3O2. The van der Waals surface area contributed by atoms with Gasteiger partial charge in [-0.3, -0.25) is 0 Å². The van der Waals surface area contributed by atoms with Crippen LogP contribution in [0.1, 0.15) is 30.9 Å². The number of halogens is 3. The number of alkyl halides is 3. The molecule has 0 fully saturated rings. The molecule has 0 N–H and O–H groups in total. The van der Waals surface area contributed by atoms with Crippen LogP contribution in [0.3, 0.4) is 0 Å². The molecule has 23 heavy (non-hydrogen) atoms. The molecule has 0 aliphatic heterocycles. The molecule has 2 aromatic carbocycles. The van der Waals surface area contributed by atoms with Gasteiger partial charge in [-0.2, -0.15) is 13.2 Å². The number of hydrogen-bond acceptors (Lipinski definition) is 2. The molecule has 0 bridgehead atoms. The summed E-state index contributed by atoms with van der Waals surface area (Å²) in [6, 6.07) is 10.1. The van der Waals surface area contributed by atoms with Gasteiger partial charge >= 0.3 is 6.18 Å². The number of ether oxygens (including phenoxy) is 2. The van der Waals surface area contributed by atoms with Crippen molar-refractivity contribution in [3.05, 3.63) is 47.5 Å². The molecule has 0 aliphatic rings. The Hall–Kier alpha value is -2.17. The van der Waals surface area contributed by atoms with Gasteiger partial charge < -0.3 is 9.47 Å². The Morgan fingerprint density at radius 2 is 1.74 bits per heavy atom. The molecule has 2 rings (SSSR count). The molecule has 0 amide bonds. The lowest BCUT2D eigenvalue weighted by molar-refractivity contribution is -0.137. The topological polar surface area (TPSA) is 18.5 Å². The molecule has 0 heterocycles. The fourth-order valence-electron chi connectivity index (χ4n) is 2.42. The summed E-state index contributed by atoms with van der Waals surface area (Å²) >= 11 is 0. The van der Waals surface area contributed by atoms with E-state index >= 15 is 0 Å². The Bertz CT molecular complexity index is 691. The van der Waals surface area contributed by atoms with Crippen molar-refractivity contribution in [1.29, 1.82) is 0 Å². The molecule has 1 radical (unpaired) electrons. The minimum absolute atomic E-state index is 0.0374. The van der Waals surface area contributed by atoms with Crippen molar-refractivity contribution >= 4 is 0 Å². The zero-order chi connectivity index (χ0) is 17.2. The second-order valence-corrected chi connectivity index (χ2v) is 5.41. The Morgan fingerprint density at radius 3 is 2.26 bits per heavy atom. The molecule has 123 valence electrons. The van der Waals surface area contributed by atoms with E-state index in [1.54, 1.807) is 18.2 Å². The van der Waals surface area contributed by atoms with Crippen LogP contribution in [-0.2, 0) is 6.18 Å². The van der Waals surface area contributed by atoms with Gasteiger partial charge in [-0.05, 0) is 29.7 Å². The smallest absolute Gasteiger partial charge is 0.417 e. The quantitative estimate of drug-likeness (QED) is 0.759. The van der Waals surface area contributed by atoms with Crippen molar-refractivity contribution in [2.75, 3.05) is 14.2 Å². The Labute approximate surface area is 133 Å². The highest BCUT2D eigenvalue weighted by Crippen LogP contribution is 2.45. The SMILES string of the molecule is COc1[c]ccc(C(F)(F)F)c1-c1ccc(C(C)C)cc1OC. The maximum atomic E-state index is 13.4. The van der Waals surface area contributed by atoms with Crippen LogP contribution >= 0.6 is 0 Å². The van der Waals surface area contributed by atoms with Crippen LogP contribution in [0.2, 0.25) is 0 Å². The molecule has 0 spiro atoms. The van der Waals surface area contributed by atoms with Gasteiger partial charge in [0.1, 0.15) is 11.5 Å². The summed E-state index contributed by atoms with van der Waals surface area (Å²) in [4.78, 5) is 0. The minimum atomic E-state index is -4.50. The van der Waals surface area contributed by atoms with Crippen LogP contribution in [0, 0.1) is 6.07 Å². The first-order chi connectivity index (χ1) is 10.8. The lowest BCUT2D eigenvalue weighted by atomic mass is 9.94. The minimum Gasteiger partial charge on any atom is -0.496 e. The molecule has 0 unspecified atom stereocenters. The Kier molecular flexibility index (Phi) is 4.88. The van der Waals surface area contributed by atoms with E-state index in [1.165, 1.54) is 20.3 Å². The summed E-state index contributed by atoms with van der Waals surface area (Å²) in [6.45, 7) is 4.01. The predicted octanol–water partition coefficient (Wildman–Crippen LogP) is 5.31. The monoisotopic (exact) mass is 323 g/mol. The van der Waals surface area contributed by atoms with Crippen molar-refractivity contribution < 1.29 is 22.6 Å². The van der Waals surface area contributed by atoms with E-state index in [9.17, 15) is 13.2 Å². The first-order valence-electron chi connectivity index (χ1n) is 7.13. The summed E-state index contributed by atoms with van der Waals surface area (Å²) in [5.74, 6) is 0.652. The van der Waals surface area contributed by atoms with Gasteiger partial charge in [-0.25, -0.2) is 0 Å². The van der Waals surface area contributed by atoms with E-state index in [-0.39, 0.29) is 17.2 Å². The van der Waals surface area contributed by atoms with Gasteiger partial charge in [0, 0.05) is 17.2 Å². The molecule has 0 saturated heterocycles. The highest BCUT2D eigenvalue weighted by atomic mass is 19.4. The van der Waals surface area contributed by atoms with E-state index in [1.807, 2.05) is 13.8 Å². The van der Waals surface area contributed by atoms with E-state index in [2.05, 4.69) is 6.07 Å². The van der Waals surface area contributed by atoms with E-state index in [0.29, 0.717) is 11.3 Å². The summed E-state index contributed by atoms with van der Waals surface area (Å²) in [5, 5.41) is 0.